The number of aromatic nitrogens is 1. The molecule has 0 saturated heterocycles. The molecule has 158 valence electrons. The van der Waals surface area contributed by atoms with E-state index in [2.05, 4.69) is 0 Å². The molecule has 2 N–H and O–H groups in total. The lowest BCUT2D eigenvalue weighted by Gasteiger charge is -2.14. The zero-order valence-corrected chi connectivity index (χ0v) is 17.5. The number of rotatable bonds is 4. The van der Waals surface area contributed by atoms with E-state index in [4.69, 9.17) is 4.42 Å². The van der Waals surface area contributed by atoms with Gasteiger partial charge in [-0.15, -0.1) is 0 Å². The van der Waals surface area contributed by atoms with Gasteiger partial charge in [0.2, 0.25) is 0 Å². The highest BCUT2D eigenvalue weighted by atomic mass is 32.2. The lowest BCUT2D eigenvalue weighted by Crippen LogP contribution is -2.22. The second kappa shape index (κ2) is 7.94. The van der Waals surface area contributed by atoms with Gasteiger partial charge in [0.25, 0.3) is 5.56 Å². The minimum Gasteiger partial charge on any atom is -0.508 e. The minimum atomic E-state index is -0.738. The van der Waals surface area contributed by atoms with Crippen molar-refractivity contribution in [3.63, 3.8) is 0 Å². The van der Waals surface area contributed by atoms with Crippen LogP contribution in [0.25, 0.3) is 21.9 Å². The molecule has 0 radical (unpaired) electrons. The van der Waals surface area contributed by atoms with Gasteiger partial charge in [0, 0.05) is 16.3 Å². The fourth-order valence-corrected chi connectivity index (χ4v) is 4.55. The molecule has 32 heavy (non-hydrogen) atoms. The van der Waals surface area contributed by atoms with Crippen molar-refractivity contribution in [2.24, 2.45) is 0 Å². The van der Waals surface area contributed by atoms with Crippen LogP contribution in [-0.2, 0) is 6.54 Å². The predicted molar refractivity (Wildman–Crippen MR) is 124 cm³/mol. The summed E-state index contributed by atoms with van der Waals surface area (Å²) in [5.41, 5.74) is 0.0116. The summed E-state index contributed by atoms with van der Waals surface area (Å²) in [4.78, 5) is 27.0. The van der Waals surface area contributed by atoms with Crippen LogP contribution < -0.4 is 11.2 Å². The molecule has 0 saturated carbocycles. The van der Waals surface area contributed by atoms with E-state index in [0.717, 1.165) is 22.2 Å². The molecule has 5 aromatic rings. The van der Waals surface area contributed by atoms with Gasteiger partial charge in [-0.2, -0.15) is 0 Å². The van der Waals surface area contributed by atoms with Crippen molar-refractivity contribution in [3.8, 4) is 11.5 Å². The standard InChI is InChI=1S/C25H17NO5S/c27-16-11-12-18-19(13-16)26(14-15-7-3-1-4-8-15)24(29)20-21(28)23(25(30)31-22(18)20)32-17-9-5-2-6-10-17/h1-13,27-28H,14H2. The van der Waals surface area contributed by atoms with E-state index in [1.165, 1.54) is 16.7 Å². The molecule has 3 aromatic carbocycles. The average Bonchev–Trinajstić information content (AvgIpc) is 2.80. The molecule has 0 fully saturated rings. The molecular formula is C25H17NO5S. The molecule has 6 nitrogen and oxygen atoms in total. The zero-order valence-electron chi connectivity index (χ0n) is 16.7. The SMILES string of the molecule is O=c1oc2c(c(O)c1Sc1ccccc1)c(=O)n(Cc1ccccc1)c1cc(O)ccc21. The molecule has 2 aromatic heterocycles. The van der Waals surface area contributed by atoms with Gasteiger partial charge in [-0.25, -0.2) is 4.79 Å². The van der Waals surface area contributed by atoms with Crippen LogP contribution in [-0.4, -0.2) is 14.8 Å². The van der Waals surface area contributed by atoms with Gasteiger partial charge in [-0.3, -0.25) is 4.79 Å². The van der Waals surface area contributed by atoms with Crippen molar-refractivity contribution < 1.29 is 14.6 Å². The first-order valence-electron chi connectivity index (χ1n) is 9.85. The lowest BCUT2D eigenvalue weighted by atomic mass is 10.1. The highest BCUT2D eigenvalue weighted by Gasteiger charge is 2.22. The van der Waals surface area contributed by atoms with Crippen molar-refractivity contribution in [1.29, 1.82) is 0 Å². The van der Waals surface area contributed by atoms with Crippen molar-refractivity contribution in [3.05, 3.63) is 105 Å². The van der Waals surface area contributed by atoms with Gasteiger partial charge in [0.05, 0.1) is 12.1 Å². The number of phenolic OH excluding ortho intramolecular Hbond substituents is 1. The molecule has 7 heteroatoms. The molecule has 0 aliphatic carbocycles. The fraction of sp³-hybridized carbons (Fsp3) is 0.0400. The Balaban J connectivity index is 1.82. The summed E-state index contributed by atoms with van der Waals surface area (Å²) in [7, 11) is 0. The Labute approximate surface area is 186 Å². The first kappa shape index (κ1) is 20.0. The summed E-state index contributed by atoms with van der Waals surface area (Å²) in [6, 6.07) is 22.9. The van der Waals surface area contributed by atoms with Gasteiger partial charge in [-0.1, -0.05) is 60.3 Å². The molecule has 0 atom stereocenters. The van der Waals surface area contributed by atoms with Crippen molar-refractivity contribution in [2.45, 2.75) is 16.3 Å². The van der Waals surface area contributed by atoms with E-state index in [0.29, 0.717) is 10.9 Å². The number of pyridine rings is 1. The number of phenols is 1. The summed E-state index contributed by atoms with van der Waals surface area (Å²) < 4.78 is 7.02. The summed E-state index contributed by atoms with van der Waals surface area (Å²) in [5.74, 6) is -0.437. The molecule has 2 heterocycles. The minimum absolute atomic E-state index is 0.00535. The maximum absolute atomic E-state index is 13.5. The van der Waals surface area contributed by atoms with Crippen LogP contribution in [0.2, 0.25) is 0 Å². The molecule has 5 rings (SSSR count). The van der Waals surface area contributed by atoms with E-state index in [1.54, 1.807) is 18.2 Å². The monoisotopic (exact) mass is 443 g/mol. The number of hydrogen-bond donors (Lipinski definition) is 2. The second-order valence-corrected chi connectivity index (χ2v) is 8.35. The maximum atomic E-state index is 13.5. The number of nitrogens with zero attached hydrogens (tertiary/aromatic N) is 1. The van der Waals surface area contributed by atoms with Gasteiger partial charge < -0.3 is 19.2 Å². The molecule has 0 spiro atoms. The third kappa shape index (κ3) is 3.42. The first-order chi connectivity index (χ1) is 15.5. The molecular weight excluding hydrogens is 426 g/mol. The van der Waals surface area contributed by atoms with E-state index >= 15 is 0 Å². The largest absolute Gasteiger partial charge is 0.508 e. The topological polar surface area (TPSA) is 92.7 Å². The molecule has 0 aliphatic rings. The van der Waals surface area contributed by atoms with Gasteiger partial charge in [-0.05, 0) is 29.8 Å². The Kier molecular flexibility index (Phi) is 4.95. The number of hydrogen-bond acceptors (Lipinski definition) is 6. The Morgan fingerprint density at radius 2 is 1.56 bits per heavy atom. The molecule has 0 aliphatic heterocycles. The van der Waals surface area contributed by atoms with Crippen molar-refractivity contribution in [1.82, 2.24) is 4.57 Å². The maximum Gasteiger partial charge on any atom is 0.354 e. The van der Waals surface area contributed by atoms with E-state index in [1.807, 2.05) is 48.5 Å². The molecule has 0 unspecified atom stereocenters. The van der Waals surface area contributed by atoms with Crippen LogP contribution in [0.5, 0.6) is 11.5 Å². The Bertz CT molecular complexity index is 1570. The normalized spacial score (nSPS) is 11.2. The Hall–Kier alpha value is -3.97. The number of benzene rings is 3. The van der Waals surface area contributed by atoms with Crippen LogP contribution in [0.3, 0.4) is 0 Å². The summed E-state index contributed by atoms with van der Waals surface area (Å²) >= 11 is 1.04. The van der Waals surface area contributed by atoms with Crippen molar-refractivity contribution >= 4 is 33.6 Å². The van der Waals surface area contributed by atoms with Crippen LogP contribution in [0.1, 0.15) is 5.56 Å². The highest BCUT2D eigenvalue weighted by Crippen LogP contribution is 2.37. The van der Waals surface area contributed by atoms with Crippen molar-refractivity contribution in [2.75, 3.05) is 0 Å². The number of fused-ring (bicyclic) bond motifs is 3. The van der Waals surface area contributed by atoms with Gasteiger partial charge in [0.1, 0.15) is 16.0 Å². The summed E-state index contributed by atoms with van der Waals surface area (Å²) in [6.45, 7) is 0.218. The van der Waals surface area contributed by atoms with Gasteiger partial charge in [0.15, 0.2) is 11.3 Å². The Morgan fingerprint density at radius 3 is 2.28 bits per heavy atom. The summed E-state index contributed by atoms with van der Waals surface area (Å²) in [6.07, 6.45) is 0. The second-order valence-electron chi connectivity index (χ2n) is 7.26. The van der Waals surface area contributed by atoms with E-state index < -0.39 is 16.9 Å². The smallest absolute Gasteiger partial charge is 0.354 e. The van der Waals surface area contributed by atoms with Gasteiger partial charge >= 0.3 is 5.63 Å². The average molecular weight is 443 g/mol. The highest BCUT2D eigenvalue weighted by molar-refractivity contribution is 7.99. The fourth-order valence-electron chi connectivity index (χ4n) is 3.69. The lowest BCUT2D eigenvalue weighted by molar-refractivity contribution is 0.446. The van der Waals surface area contributed by atoms with Crippen LogP contribution in [0, 0.1) is 0 Å². The quantitative estimate of drug-likeness (QED) is 0.391. The Morgan fingerprint density at radius 1 is 0.875 bits per heavy atom. The molecule has 0 bridgehead atoms. The van der Waals surface area contributed by atoms with E-state index in [9.17, 15) is 19.8 Å². The summed E-state index contributed by atoms with van der Waals surface area (Å²) in [5, 5.41) is 21.4. The predicted octanol–water partition coefficient (Wildman–Crippen LogP) is 4.72. The van der Waals surface area contributed by atoms with Crippen LogP contribution in [0.15, 0.2) is 103 Å². The first-order valence-corrected chi connectivity index (χ1v) is 10.7. The zero-order chi connectivity index (χ0) is 22.2. The molecule has 0 amide bonds. The third-order valence-electron chi connectivity index (χ3n) is 5.18. The van der Waals surface area contributed by atoms with Crippen LogP contribution >= 0.6 is 11.8 Å². The van der Waals surface area contributed by atoms with Crippen LogP contribution in [0.4, 0.5) is 0 Å². The van der Waals surface area contributed by atoms with E-state index in [-0.39, 0.29) is 28.2 Å². The third-order valence-corrected chi connectivity index (χ3v) is 6.25. The number of aromatic hydroxyl groups is 2.